The molecule has 1 aromatic carbocycles. The molecule has 1 aliphatic rings. The molecule has 1 aromatic rings. The van der Waals surface area contributed by atoms with Gasteiger partial charge in [0.05, 0.1) is 36.6 Å². The van der Waals surface area contributed by atoms with Crippen molar-refractivity contribution in [2.45, 2.75) is 6.04 Å². The SMILES string of the molecule is OCC1COCCN1c1cc(Cl)ccc1Cl. The van der Waals surface area contributed by atoms with Gasteiger partial charge in [-0.15, -0.1) is 0 Å². The molecule has 1 saturated heterocycles. The molecule has 1 fully saturated rings. The van der Waals surface area contributed by atoms with Gasteiger partial charge in [-0.3, -0.25) is 0 Å². The molecular formula is C11H13Cl2NO2. The van der Waals surface area contributed by atoms with Crippen molar-refractivity contribution < 1.29 is 9.84 Å². The number of rotatable bonds is 2. The van der Waals surface area contributed by atoms with E-state index in [-0.39, 0.29) is 12.6 Å². The van der Waals surface area contributed by atoms with Gasteiger partial charge in [-0.2, -0.15) is 0 Å². The lowest BCUT2D eigenvalue weighted by Gasteiger charge is -2.36. The highest BCUT2D eigenvalue weighted by atomic mass is 35.5. The number of anilines is 1. The average Bonchev–Trinajstić information content (AvgIpc) is 2.32. The third kappa shape index (κ3) is 2.43. The van der Waals surface area contributed by atoms with Gasteiger partial charge in [0.15, 0.2) is 0 Å². The van der Waals surface area contributed by atoms with Crippen LogP contribution in [0.5, 0.6) is 0 Å². The Kier molecular flexibility index (Phi) is 3.92. The maximum atomic E-state index is 9.29. The zero-order valence-corrected chi connectivity index (χ0v) is 10.2. The number of hydrogen-bond acceptors (Lipinski definition) is 3. The maximum Gasteiger partial charge on any atom is 0.0756 e. The first-order valence-electron chi connectivity index (χ1n) is 5.12. The number of aliphatic hydroxyl groups is 1. The van der Waals surface area contributed by atoms with E-state index in [1.165, 1.54) is 0 Å². The second-order valence-corrected chi connectivity index (χ2v) is 4.54. The number of morpholine rings is 1. The number of nitrogens with zero attached hydrogens (tertiary/aromatic N) is 1. The molecular weight excluding hydrogens is 249 g/mol. The highest BCUT2D eigenvalue weighted by Crippen LogP contribution is 2.31. The smallest absolute Gasteiger partial charge is 0.0756 e. The molecule has 1 unspecified atom stereocenters. The third-order valence-electron chi connectivity index (χ3n) is 2.66. The number of halogens is 2. The summed E-state index contributed by atoms with van der Waals surface area (Å²) in [4.78, 5) is 2.04. The summed E-state index contributed by atoms with van der Waals surface area (Å²) in [7, 11) is 0. The lowest BCUT2D eigenvalue weighted by molar-refractivity contribution is 0.0727. The minimum absolute atomic E-state index is 0.0445. The Hall–Kier alpha value is -0.480. The minimum atomic E-state index is -0.0512. The van der Waals surface area contributed by atoms with Crippen LogP contribution in [0.3, 0.4) is 0 Å². The second-order valence-electron chi connectivity index (χ2n) is 3.70. The van der Waals surface area contributed by atoms with Crippen molar-refractivity contribution in [2.75, 3.05) is 31.3 Å². The zero-order valence-electron chi connectivity index (χ0n) is 8.70. The molecule has 2 rings (SSSR count). The van der Waals surface area contributed by atoms with Crippen molar-refractivity contribution in [3.8, 4) is 0 Å². The Morgan fingerprint density at radius 3 is 3.00 bits per heavy atom. The van der Waals surface area contributed by atoms with Crippen molar-refractivity contribution in [3.63, 3.8) is 0 Å². The predicted octanol–water partition coefficient (Wildman–Crippen LogP) is 2.19. The molecule has 1 heterocycles. The highest BCUT2D eigenvalue weighted by Gasteiger charge is 2.24. The van der Waals surface area contributed by atoms with E-state index in [9.17, 15) is 5.11 Å². The third-order valence-corrected chi connectivity index (χ3v) is 3.21. The molecule has 16 heavy (non-hydrogen) atoms. The van der Waals surface area contributed by atoms with Crippen LogP contribution in [0, 0.1) is 0 Å². The monoisotopic (exact) mass is 261 g/mol. The lowest BCUT2D eigenvalue weighted by atomic mass is 10.2. The van der Waals surface area contributed by atoms with E-state index in [0.29, 0.717) is 29.8 Å². The fourth-order valence-electron chi connectivity index (χ4n) is 1.83. The molecule has 0 spiro atoms. The van der Waals surface area contributed by atoms with Gasteiger partial charge in [0, 0.05) is 11.6 Å². The van der Waals surface area contributed by atoms with Crippen LogP contribution in [-0.2, 0) is 4.74 Å². The fourth-order valence-corrected chi connectivity index (χ4v) is 2.22. The zero-order chi connectivity index (χ0) is 11.5. The normalized spacial score (nSPS) is 21.2. The van der Waals surface area contributed by atoms with Crippen molar-refractivity contribution in [1.29, 1.82) is 0 Å². The van der Waals surface area contributed by atoms with E-state index in [0.717, 1.165) is 5.69 Å². The summed E-state index contributed by atoms with van der Waals surface area (Å²) in [5, 5.41) is 10.6. The van der Waals surface area contributed by atoms with Crippen molar-refractivity contribution in [3.05, 3.63) is 28.2 Å². The molecule has 5 heteroatoms. The van der Waals surface area contributed by atoms with Gasteiger partial charge in [0.25, 0.3) is 0 Å². The molecule has 1 atom stereocenters. The summed E-state index contributed by atoms with van der Waals surface area (Å²) in [6, 6.07) is 5.28. The molecule has 1 N–H and O–H groups in total. The Labute approximate surface area is 105 Å². The summed E-state index contributed by atoms with van der Waals surface area (Å²) < 4.78 is 5.32. The lowest BCUT2D eigenvalue weighted by Crippen LogP contribution is -2.47. The van der Waals surface area contributed by atoms with Gasteiger partial charge >= 0.3 is 0 Å². The number of ether oxygens (including phenoxy) is 1. The van der Waals surface area contributed by atoms with Crippen molar-refractivity contribution in [2.24, 2.45) is 0 Å². The van der Waals surface area contributed by atoms with Crippen LogP contribution in [-0.4, -0.2) is 37.5 Å². The molecule has 3 nitrogen and oxygen atoms in total. The van der Waals surface area contributed by atoms with Gasteiger partial charge in [0.2, 0.25) is 0 Å². The molecule has 1 aliphatic heterocycles. The quantitative estimate of drug-likeness (QED) is 0.886. The van der Waals surface area contributed by atoms with Crippen molar-refractivity contribution >= 4 is 28.9 Å². The van der Waals surface area contributed by atoms with Gasteiger partial charge in [-0.1, -0.05) is 23.2 Å². The Morgan fingerprint density at radius 1 is 1.44 bits per heavy atom. The van der Waals surface area contributed by atoms with E-state index >= 15 is 0 Å². The van der Waals surface area contributed by atoms with E-state index in [1.807, 2.05) is 11.0 Å². The molecule has 0 amide bonds. The van der Waals surface area contributed by atoms with E-state index < -0.39 is 0 Å². The Bertz CT molecular complexity index is 373. The van der Waals surface area contributed by atoms with E-state index in [2.05, 4.69) is 0 Å². The van der Waals surface area contributed by atoms with Crippen LogP contribution >= 0.6 is 23.2 Å². The number of benzene rings is 1. The van der Waals surface area contributed by atoms with E-state index in [1.54, 1.807) is 12.1 Å². The highest BCUT2D eigenvalue weighted by molar-refractivity contribution is 6.35. The molecule has 0 saturated carbocycles. The maximum absolute atomic E-state index is 9.29. The summed E-state index contributed by atoms with van der Waals surface area (Å²) in [5.41, 5.74) is 0.858. The van der Waals surface area contributed by atoms with Gasteiger partial charge in [-0.25, -0.2) is 0 Å². The minimum Gasteiger partial charge on any atom is -0.394 e. The Balaban J connectivity index is 2.30. The number of aliphatic hydroxyl groups excluding tert-OH is 1. The summed E-state index contributed by atoms with van der Waals surface area (Å²) in [6.45, 7) is 1.91. The first-order chi connectivity index (χ1) is 7.72. The molecule has 0 aromatic heterocycles. The summed E-state index contributed by atoms with van der Waals surface area (Å²) in [6.07, 6.45) is 0. The largest absolute Gasteiger partial charge is 0.394 e. The van der Waals surface area contributed by atoms with Gasteiger partial charge in [0.1, 0.15) is 0 Å². The topological polar surface area (TPSA) is 32.7 Å². The van der Waals surface area contributed by atoms with Gasteiger partial charge < -0.3 is 14.7 Å². The van der Waals surface area contributed by atoms with Crippen LogP contribution in [0.25, 0.3) is 0 Å². The molecule has 88 valence electrons. The fraction of sp³-hybridized carbons (Fsp3) is 0.455. The number of hydrogen-bond donors (Lipinski definition) is 1. The molecule has 0 bridgehead atoms. The van der Waals surface area contributed by atoms with Crippen LogP contribution in [0.1, 0.15) is 0 Å². The Morgan fingerprint density at radius 2 is 2.25 bits per heavy atom. The predicted molar refractivity (Wildman–Crippen MR) is 65.5 cm³/mol. The van der Waals surface area contributed by atoms with Crippen LogP contribution in [0.2, 0.25) is 10.0 Å². The van der Waals surface area contributed by atoms with Crippen LogP contribution in [0.4, 0.5) is 5.69 Å². The van der Waals surface area contributed by atoms with Crippen molar-refractivity contribution in [1.82, 2.24) is 0 Å². The average molecular weight is 262 g/mol. The standard InChI is InChI=1S/C11H13Cl2NO2/c12-8-1-2-10(13)11(5-8)14-3-4-16-7-9(14)6-15/h1-2,5,9,15H,3-4,6-7H2. The summed E-state index contributed by atoms with van der Waals surface area (Å²) >= 11 is 12.1. The van der Waals surface area contributed by atoms with Crippen LogP contribution in [0.15, 0.2) is 18.2 Å². The molecule has 0 radical (unpaired) electrons. The second kappa shape index (κ2) is 5.23. The van der Waals surface area contributed by atoms with E-state index in [4.69, 9.17) is 27.9 Å². The molecule has 0 aliphatic carbocycles. The van der Waals surface area contributed by atoms with Crippen LogP contribution < -0.4 is 4.90 Å². The summed E-state index contributed by atoms with van der Waals surface area (Å²) in [5.74, 6) is 0. The first kappa shape index (κ1) is 12.0. The van der Waals surface area contributed by atoms with Gasteiger partial charge in [-0.05, 0) is 18.2 Å². The first-order valence-corrected chi connectivity index (χ1v) is 5.88.